The smallest absolute Gasteiger partial charge is 0.354 e. The Labute approximate surface area is 215 Å². The van der Waals surface area contributed by atoms with E-state index in [-0.39, 0.29) is 18.3 Å². The minimum atomic E-state index is -1.75. The maximum absolute atomic E-state index is 13.5. The summed E-state index contributed by atoms with van der Waals surface area (Å²) < 4.78 is 8.09. The van der Waals surface area contributed by atoms with Crippen LogP contribution in [-0.2, 0) is 22.7 Å². The van der Waals surface area contributed by atoms with Crippen LogP contribution in [0.5, 0.6) is 5.75 Å². The van der Waals surface area contributed by atoms with Crippen LogP contribution in [0.15, 0.2) is 62.2 Å². The van der Waals surface area contributed by atoms with Crippen LogP contribution in [0.3, 0.4) is 0 Å². The Kier molecular flexibility index (Phi) is 8.63. The van der Waals surface area contributed by atoms with Crippen LogP contribution in [0.25, 0.3) is 0 Å². The number of hydrogen-bond donors (Lipinski definition) is 2. The van der Waals surface area contributed by atoms with Gasteiger partial charge < -0.3 is 15.4 Å². The third-order valence-corrected chi connectivity index (χ3v) is 5.48. The molecule has 196 valence electrons. The molecule has 0 fully saturated rings. The largest absolute Gasteiger partial charge is 0.491 e. The van der Waals surface area contributed by atoms with Gasteiger partial charge in [0.15, 0.2) is 0 Å². The minimum absolute atomic E-state index is 0.0360. The molecule has 0 saturated carbocycles. The number of rotatable bonds is 9. The first kappa shape index (κ1) is 27.4. The SMILES string of the molecule is Cc1cc(N=c2n(N)c(=O)n(C[C@H](N=O)C(=O)ON)c(=O)n2Cc2ccc(Cl)cc2)ccc1OC(C)C. The first-order chi connectivity index (χ1) is 17.5. The monoisotopic (exact) mass is 531 g/mol. The van der Waals surface area contributed by atoms with E-state index in [9.17, 15) is 19.3 Å². The van der Waals surface area contributed by atoms with Gasteiger partial charge >= 0.3 is 17.3 Å². The van der Waals surface area contributed by atoms with Crippen LogP contribution < -0.4 is 33.5 Å². The Bertz CT molecular complexity index is 1490. The zero-order valence-electron chi connectivity index (χ0n) is 20.3. The predicted octanol–water partition coefficient (Wildman–Crippen LogP) is 1.11. The third kappa shape index (κ3) is 6.32. The van der Waals surface area contributed by atoms with Gasteiger partial charge in [0.2, 0.25) is 11.7 Å². The Hall–Kier alpha value is -4.23. The lowest BCUT2D eigenvalue weighted by atomic mass is 10.2. The zero-order valence-corrected chi connectivity index (χ0v) is 21.1. The highest BCUT2D eigenvalue weighted by molar-refractivity contribution is 6.30. The van der Waals surface area contributed by atoms with Gasteiger partial charge in [0.05, 0.1) is 24.9 Å². The van der Waals surface area contributed by atoms with Crippen LogP contribution in [0, 0.1) is 11.8 Å². The summed E-state index contributed by atoms with van der Waals surface area (Å²) in [7, 11) is 0. The van der Waals surface area contributed by atoms with Crippen LogP contribution in [0.2, 0.25) is 5.02 Å². The molecule has 0 bridgehead atoms. The van der Waals surface area contributed by atoms with Gasteiger partial charge in [-0.2, -0.15) is 10.6 Å². The molecule has 3 rings (SSSR count). The maximum atomic E-state index is 13.5. The van der Waals surface area contributed by atoms with Gasteiger partial charge in [-0.15, -0.1) is 4.91 Å². The molecular formula is C23H26ClN7O6. The van der Waals surface area contributed by atoms with Gasteiger partial charge in [-0.3, -0.25) is 4.57 Å². The molecule has 13 nitrogen and oxygen atoms in total. The Balaban J connectivity index is 2.24. The summed E-state index contributed by atoms with van der Waals surface area (Å²) >= 11 is 5.97. The van der Waals surface area contributed by atoms with Crippen LogP contribution in [-0.4, -0.2) is 31.9 Å². The van der Waals surface area contributed by atoms with E-state index >= 15 is 0 Å². The number of carbonyl (C=O) groups excluding carboxylic acids is 1. The van der Waals surface area contributed by atoms with Crippen LogP contribution in [0.4, 0.5) is 5.69 Å². The van der Waals surface area contributed by atoms with E-state index in [4.69, 9.17) is 28.1 Å². The molecule has 0 radical (unpaired) electrons. The molecule has 3 aromatic rings. The molecule has 0 aliphatic rings. The second-order valence-corrected chi connectivity index (χ2v) is 8.78. The van der Waals surface area contributed by atoms with Gasteiger partial charge in [-0.1, -0.05) is 28.9 Å². The fourth-order valence-electron chi connectivity index (χ4n) is 3.45. The number of carbonyl (C=O) groups is 1. The molecule has 0 spiro atoms. The number of hydrogen-bond acceptors (Lipinski definition) is 10. The topological polar surface area (TPSA) is 178 Å². The predicted molar refractivity (Wildman–Crippen MR) is 136 cm³/mol. The summed E-state index contributed by atoms with van der Waals surface area (Å²) in [5.41, 5.74) is -0.306. The molecule has 0 amide bonds. The highest BCUT2D eigenvalue weighted by Gasteiger charge is 2.25. The Morgan fingerprint density at radius 2 is 1.76 bits per heavy atom. The van der Waals surface area contributed by atoms with Crippen molar-refractivity contribution < 1.29 is 14.4 Å². The van der Waals surface area contributed by atoms with Crippen molar-refractivity contribution in [3.8, 4) is 5.75 Å². The number of halogens is 1. The van der Waals surface area contributed by atoms with E-state index < -0.39 is 29.9 Å². The summed E-state index contributed by atoms with van der Waals surface area (Å²) in [6.07, 6.45) is -0.0360. The first-order valence-corrected chi connectivity index (χ1v) is 11.4. The molecule has 1 aromatic heterocycles. The van der Waals surface area contributed by atoms with Crippen molar-refractivity contribution in [1.29, 1.82) is 0 Å². The van der Waals surface area contributed by atoms with Gasteiger partial charge in [-0.25, -0.2) is 23.9 Å². The van der Waals surface area contributed by atoms with Crippen molar-refractivity contribution in [2.45, 2.75) is 46.0 Å². The fraction of sp³-hybridized carbons (Fsp3) is 0.304. The standard InChI is InChI=1S/C23H26ClN7O6/c1-13(2)36-19-9-8-17(10-14(19)3)27-21-29(11-15-4-6-16(24)7-5-15)22(33)30(23(34)31(21)25)12-18(28-35)20(32)37-26/h4-10,13,18H,11-12,25-26H2,1-3H3/t18-/m0/s1. The van der Waals surface area contributed by atoms with Crippen molar-refractivity contribution in [3.63, 3.8) is 0 Å². The van der Waals surface area contributed by atoms with Crippen molar-refractivity contribution in [2.75, 3.05) is 5.84 Å². The lowest BCUT2D eigenvalue weighted by Gasteiger charge is -2.15. The van der Waals surface area contributed by atoms with Crippen molar-refractivity contribution in [2.24, 2.45) is 16.1 Å². The molecule has 0 saturated heterocycles. The highest BCUT2D eigenvalue weighted by atomic mass is 35.5. The number of ether oxygens (including phenoxy) is 1. The van der Waals surface area contributed by atoms with Gasteiger partial charge in [0.1, 0.15) is 5.75 Å². The normalized spacial score (nSPS) is 12.4. The zero-order chi connectivity index (χ0) is 27.3. The second kappa shape index (κ2) is 11.7. The van der Waals surface area contributed by atoms with Crippen molar-refractivity contribution in [1.82, 2.24) is 13.8 Å². The molecule has 4 N–H and O–H groups in total. The van der Waals surface area contributed by atoms with Crippen LogP contribution >= 0.6 is 11.6 Å². The summed E-state index contributed by atoms with van der Waals surface area (Å²) in [5, 5.41) is 3.09. The number of aromatic nitrogens is 3. The summed E-state index contributed by atoms with van der Waals surface area (Å²) in [6.45, 7) is 4.82. The summed E-state index contributed by atoms with van der Waals surface area (Å²) in [4.78, 5) is 57.9. The number of nitrogens with two attached hydrogens (primary N) is 2. The molecule has 37 heavy (non-hydrogen) atoms. The number of nitrogen functional groups attached to an aromatic ring is 1. The van der Waals surface area contributed by atoms with E-state index in [1.54, 1.807) is 42.5 Å². The van der Waals surface area contributed by atoms with E-state index in [0.717, 1.165) is 10.1 Å². The summed E-state index contributed by atoms with van der Waals surface area (Å²) in [6, 6.07) is 9.95. The molecule has 1 atom stereocenters. The molecule has 14 heteroatoms. The van der Waals surface area contributed by atoms with E-state index in [1.807, 2.05) is 20.8 Å². The number of aryl methyl sites for hydroxylation is 1. The van der Waals surface area contributed by atoms with Crippen molar-refractivity contribution in [3.05, 3.63) is 90.1 Å². The van der Waals surface area contributed by atoms with E-state index in [0.29, 0.717) is 31.3 Å². The number of benzene rings is 2. The van der Waals surface area contributed by atoms with Gasteiger partial charge in [0.25, 0.3) is 0 Å². The lowest BCUT2D eigenvalue weighted by molar-refractivity contribution is -0.146. The fourth-order valence-corrected chi connectivity index (χ4v) is 3.57. The molecule has 0 unspecified atom stereocenters. The Morgan fingerprint density at radius 1 is 1.08 bits per heavy atom. The third-order valence-electron chi connectivity index (χ3n) is 5.23. The molecular weight excluding hydrogens is 506 g/mol. The summed E-state index contributed by atoms with van der Waals surface area (Å²) in [5.74, 6) is 10.3. The molecule has 0 aliphatic heterocycles. The van der Waals surface area contributed by atoms with E-state index in [1.165, 1.54) is 0 Å². The van der Waals surface area contributed by atoms with E-state index in [2.05, 4.69) is 15.0 Å². The average Bonchev–Trinajstić information content (AvgIpc) is 2.87. The maximum Gasteiger partial charge on any atom is 0.354 e. The second-order valence-electron chi connectivity index (χ2n) is 8.34. The number of nitroso groups, excluding NO2 is 1. The quantitative estimate of drug-likeness (QED) is 0.234. The van der Waals surface area contributed by atoms with Gasteiger partial charge in [0, 0.05) is 5.02 Å². The number of nitrogens with zero attached hydrogens (tertiary/aromatic N) is 5. The minimum Gasteiger partial charge on any atom is -0.491 e. The Morgan fingerprint density at radius 3 is 2.32 bits per heavy atom. The first-order valence-electron chi connectivity index (χ1n) is 11.1. The molecule has 1 heterocycles. The van der Waals surface area contributed by atoms with Crippen LogP contribution in [0.1, 0.15) is 25.0 Å². The lowest BCUT2D eigenvalue weighted by Crippen LogP contribution is -2.58. The average molecular weight is 532 g/mol. The highest BCUT2D eigenvalue weighted by Crippen LogP contribution is 2.24. The van der Waals surface area contributed by atoms with Gasteiger partial charge in [-0.05, 0) is 62.2 Å². The van der Waals surface area contributed by atoms with Crippen molar-refractivity contribution >= 4 is 23.3 Å². The molecule has 2 aromatic carbocycles. The molecule has 0 aliphatic carbocycles.